The number of amides is 1. The molecule has 4 rings (SSSR count). The van der Waals surface area contributed by atoms with Gasteiger partial charge in [-0.25, -0.2) is 0 Å². The number of carbonyl (C=O) groups is 1. The molecule has 0 bridgehead atoms. The van der Waals surface area contributed by atoms with Crippen molar-refractivity contribution in [3.8, 4) is 0 Å². The van der Waals surface area contributed by atoms with E-state index < -0.39 is 0 Å². The Labute approximate surface area is 119 Å². The molecule has 3 aliphatic rings. The standard InChI is InChI=1S/C17H22N2O/c18-16(7-8-16)11-12-3-1-2-4-14(12)17(9-10-17)15(20)19-13-5-6-13/h1-4,13H,5-11,18H2,(H,19,20). The van der Waals surface area contributed by atoms with Crippen LogP contribution in [-0.2, 0) is 16.6 Å². The average Bonchev–Trinajstić information content (AvgIpc) is 3.27. The normalized spacial score (nSPS) is 25.1. The van der Waals surface area contributed by atoms with Gasteiger partial charge < -0.3 is 11.1 Å². The van der Waals surface area contributed by atoms with Crippen LogP contribution in [-0.4, -0.2) is 17.5 Å². The van der Waals surface area contributed by atoms with E-state index in [4.69, 9.17) is 5.73 Å². The van der Waals surface area contributed by atoms with Crippen molar-refractivity contribution in [2.45, 2.75) is 61.9 Å². The molecule has 3 saturated carbocycles. The summed E-state index contributed by atoms with van der Waals surface area (Å²) in [5.74, 6) is 0.245. The summed E-state index contributed by atoms with van der Waals surface area (Å²) in [4.78, 5) is 12.6. The predicted molar refractivity (Wildman–Crippen MR) is 78.4 cm³/mol. The van der Waals surface area contributed by atoms with Gasteiger partial charge in [0, 0.05) is 11.6 Å². The first-order valence-electron chi connectivity index (χ1n) is 7.80. The molecule has 0 atom stereocenters. The zero-order valence-corrected chi connectivity index (χ0v) is 11.8. The van der Waals surface area contributed by atoms with Crippen LogP contribution in [0.25, 0.3) is 0 Å². The summed E-state index contributed by atoms with van der Waals surface area (Å²) < 4.78 is 0. The molecule has 3 N–H and O–H groups in total. The Morgan fingerprint density at radius 2 is 1.90 bits per heavy atom. The van der Waals surface area contributed by atoms with E-state index in [2.05, 4.69) is 29.6 Å². The van der Waals surface area contributed by atoms with Crippen LogP contribution in [0.2, 0.25) is 0 Å². The van der Waals surface area contributed by atoms with Gasteiger partial charge in [-0.3, -0.25) is 4.79 Å². The molecule has 0 aliphatic heterocycles. The van der Waals surface area contributed by atoms with E-state index in [1.54, 1.807) is 0 Å². The van der Waals surface area contributed by atoms with Gasteiger partial charge in [-0.15, -0.1) is 0 Å². The zero-order chi connectivity index (χ0) is 13.8. The van der Waals surface area contributed by atoms with Gasteiger partial charge in [-0.1, -0.05) is 24.3 Å². The highest BCUT2D eigenvalue weighted by Crippen LogP contribution is 2.51. The van der Waals surface area contributed by atoms with Crippen molar-refractivity contribution in [3.05, 3.63) is 35.4 Å². The summed E-state index contributed by atoms with van der Waals surface area (Å²) >= 11 is 0. The van der Waals surface area contributed by atoms with Gasteiger partial charge in [0.2, 0.25) is 5.91 Å². The summed E-state index contributed by atoms with van der Waals surface area (Å²) in [6, 6.07) is 8.86. The lowest BCUT2D eigenvalue weighted by Crippen LogP contribution is -2.37. The van der Waals surface area contributed by atoms with Crippen molar-refractivity contribution in [2.75, 3.05) is 0 Å². The maximum Gasteiger partial charge on any atom is 0.230 e. The minimum absolute atomic E-state index is 0.000841. The second kappa shape index (κ2) is 4.08. The Kier molecular flexibility index (Phi) is 2.53. The Hall–Kier alpha value is -1.35. The summed E-state index contributed by atoms with van der Waals surface area (Å²) in [6.07, 6.45) is 7.41. The molecule has 3 heteroatoms. The smallest absolute Gasteiger partial charge is 0.230 e. The van der Waals surface area contributed by atoms with Crippen LogP contribution in [0.5, 0.6) is 0 Å². The monoisotopic (exact) mass is 270 g/mol. The fourth-order valence-corrected chi connectivity index (χ4v) is 3.15. The van der Waals surface area contributed by atoms with Gasteiger partial charge in [0.05, 0.1) is 5.41 Å². The Bertz CT molecular complexity index is 554. The van der Waals surface area contributed by atoms with Crippen molar-refractivity contribution in [2.24, 2.45) is 5.73 Å². The van der Waals surface area contributed by atoms with Crippen LogP contribution in [0.15, 0.2) is 24.3 Å². The average molecular weight is 270 g/mol. The SMILES string of the molecule is NC1(Cc2ccccc2C2(C(=O)NC3CC3)CC2)CC1. The molecule has 0 aromatic heterocycles. The fraction of sp³-hybridized carbons (Fsp3) is 0.588. The third-order valence-electron chi connectivity index (χ3n) is 5.06. The van der Waals surface area contributed by atoms with E-state index in [1.165, 1.54) is 11.1 Å². The largest absolute Gasteiger partial charge is 0.353 e. The molecule has 20 heavy (non-hydrogen) atoms. The Morgan fingerprint density at radius 1 is 1.20 bits per heavy atom. The molecule has 0 heterocycles. The maximum absolute atomic E-state index is 12.6. The number of benzene rings is 1. The first-order valence-corrected chi connectivity index (χ1v) is 7.80. The number of hydrogen-bond donors (Lipinski definition) is 2. The van der Waals surface area contributed by atoms with E-state index in [0.29, 0.717) is 6.04 Å². The number of nitrogens with one attached hydrogen (secondary N) is 1. The summed E-state index contributed by atoms with van der Waals surface area (Å²) in [6.45, 7) is 0. The third kappa shape index (κ3) is 2.14. The lowest BCUT2D eigenvalue weighted by molar-refractivity contribution is -0.123. The molecule has 1 aromatic rings. The molecular weight excluding hydrogens is 248 g/mol. The molecule has 0 saturated heterocycles. The minimum atomic E-state index is -0.246. The van der Waals surface area contributed by atoms with Crippen LogP contribution in [0.4, 0.5) is 0 Å². The van der Waals surface area contributed by atoms with Gasteiger partial charge in [-0.05, 0) is 56.1 Å². The third-order valence-corrected chi connectivity index (χ3v) is 5.06. The van der Waals surface area contributed by atoms with Crippen molar-refractivity contribution in [1.82, 2.24) is 5.32 Å². The summed E-state index contributed by atoms with van der Waals surface area (Å²) in [5, 5.41) is 3.19. The van der Waals surface area contributed by atoms with Gasteiger partial charge in [0.1, 0.15) is 0 Å². The zero-order valence-electron chi connectivity index (χ0n) is 11.8. The lowest BCUT2D eigenvalue weighted by Gasteiger charge is -2.21. The van der Waals surface area contributed by atoms with Gasteiger partial charge >= 0.3 is 0 Å². The fourth-order valence-electron chi connectivity index (χ4n) is 3.15. The van der Waals surface area contributed by atoms with Crippen LogP contribution in [0, 0.1) is 0 Å². The molecule has 0 unspecified atom stereocenters. The van der Waals surface area contributed by atoms with Crippen molar-refractivity contribution >= 4 is 5.91 Å². The molecule has 3 fully saturated rings. The predicted octanol–water partition coefficient (Wildman–Crippen LogP) is 2.03. The molecule has 0 spiro atoms. The second-order valence-corrected chi connectivity index (χ2v) is 7.03. The van der Waals surface area contributed by atoms with Crippen LogP contribution in [0.3, 0.4) is 0 Å². The van der Waals surface area contributed by atoms with Crippen molar-refractivity contribution in [1.29, 1.82) is 0 Å². The quantitative estimate of drug-likeness (QED) is 0.860. The van der Waals surface area contributed by atoms with Crippen molar-refractivity contribution < 1.29 is 4.79 Å². The van der Waals surface area contributed by atoms with Crippen LogP contribution in [0.1, 0.15) is 49.7 Å². The minimum Gasteiger partial charge on any atom is -0.353 e. The molecule has 3 nitrogen and oxygen atoms in total. The van der Waals surface area contributed by atoms with E-state index in [-0.39, 0.29) is 16.9 Å². The lowest BCUT2D eigenvalue weighted by atomic mass is 9.87. The number of nitrogens with two attached hydrogens (primary N) is 1. The molecular formula is C17H22N2O. The maximum atomic E-state index is 12.6. The van der Waals surface area contributed by atoms with E-state index in [0.717, 1.165) is 44.9 Å². The Balaban J connectivity index is 1.61. The summed E-state index contributed by atoms with van der Waals surface area (Å²) in [7, 11) is 0. The molecule has 0 radical (unpaired) electrons. The first-order chi connectivity index (χ1) is 9.61. The molecule has 3 aliphatic carbocycles. The topological polar surface area (TPSA) is 55.1 Å². The highest BCUT2D eigenvalue weighted by Gasteiger charge is 2.53. The molecule has 106 valence electrons. The highest BCUT2D eigenvalue weighted by atomic mass is 16.2. The van der Waals surface area contributed by atoms with E-state index in [9.17, 15) is 4.79 Å². The van der Waals surface area contributed by atoms with E-state index >= 15 is 0 Å². The molecule has 1 aromatic carbocycles. The van der Waals surface area contributed by atoms with Crippen LogP contribution < -0.4 is 11.1 Å². The summed E-state index contributed by atoms with van der Waals surface area (Å²) in [5.41, 5.74) is 8.55. The van der Waals surface area contributed by atoms with Crippen molar-refractivity contribution in [3.63, 3.8) is 0 Å². The second-order valence-electron chi connectivity index (χ2n) is 7.03. The van der Waals surface area contributed by atoms with Crippen LogP contribution >= 0.6 is 0 Å². The van der Waals surface area contributed by atoms with Gasteiger partial charge in [0.25, 0.3) is 0 Å². The Morgan fingerprint density at radius 3 is 2.50 bits per heavy atom. The van der Waals surface area contributed by atoms with Gasteiger partial charge in [-0.2, -0.15) is 0 Å². The van der Waals surface area contributed by atoms with Gasteiger partial charge in [0.15, 0.2) is 0 Å². The first kappa shape index (κ1) is 12.4. The van der Waals surface area contributed by atoms with E-state index in [1.807, 2.05) is 0 Å². The number of carbonyl (C=O) groups excluding carboxylic acids is 1. The number of rotatable bonds is 5. The molecule has 1 amide bonds. The number of hydrogen-bond acceptors (Lipinski definition) is 2. The highest BCUT2D eigenvalue weighted by molar-refractivity contribution is 5.92.